The van der Waals surface area contributed by atoms with Crippen molar-refractivity contribution in [1.29, 1.82) is 0 Å². The van der Waals surface area contributed by atoms with E-state index in [-0.39, 0.29) is 11.5 Å². The van der Waals surface area contributed by atoms with E-state index < -0.39 is 10.8 Å². The van der Waals surface area contributed by atoms with Crippen LogP contribution in [0.1, 0.15) is 71.2 Å². The molecule has 0 bridgehead atoms. The van der Waals surface area contributed by atoms with E-state index in [1.807, 2.05) is 52.0 Å². The lowest BCUT2D eigenvalue weighted by Gasteiger charge is -2.38. The van der Waals surface area contributed by atoms with Crippen LogP contribution in [0.4, 0.5) is 0 Å². The molecule has 4 aromatic rings. The number of hydrogen-bond donors (Lipinski definition) is 4. The molecule has 4 aromatic carbocycles. The van der Waals surface area contributed by atoms with Crippen LogP contribution in [-0.2, 0) is 10.8 Å². The van der Waals surface area contributed by atoms with E-state index in [1.54, 1.807) is 12.1 Å². The zero-order chi connectivity index (χ0) is 29.6. The summed E-state index contributed by atoms with van der Waals surface area (Å²) in [5, 5.41) is 41.6. The highest BCUT2D eigenvalue weighted by atomic mass is 79.9. The maximum Gasteiger partial charge on any atom is 0.129 e. The molecule has 0 amide bonds. The fourth-order valence-corrected chi connectivity index (χ4v) is 6.42. The zero-order valence-electron chi connectivity index (χ0n) is 23.7. The quantitative estimate of drug-likeness (QED) is 0.158. The van der Waals surface area contributed by atoms with E-state index in [2.05, 4.69) is 70.0 Å². The molecular weight excluding hydrogens is 632 g/mol. The molecule has 0 heterocycles. The Balaban J connectivity index is 1.92. The molecule has 40 heavy (non-hydrogen) atoms. The zero-order valence-corrected chi connectivity index (χ0v) is 26.9. The van der Waals surface area contributed by atoms with Gasteiger partial charge in [0.1, 0.15) is 23.0 Å². The van der Waals surface area contributed by atoms with Crippen molar-refractivity contribution in [3.8, 4) is 23.0 Å². The summed E-state index contributed by atoms with van der Waals surface area (Å²) < 4.78 is 1.23. The molecule has 0 saturated carbocycles. The van der Waals surface area contributed by atoms with E-state index in [4.69, 9.17) is 0 Å². The largest absolute Gasteiger partial charge is 0.507 e. The number of phenolic OH excluding ortho intramolecular Hbond substituents is 4. The number of rotatable bonds is 7. The van der Waals surface area contributed by atoms with Crippen LogP contribution < -0.4 is 0 Å². The average molecular weight is 668 g/mol. The molecule has 0 aliphatic rings. The Morgan fingerprint density at radius 1 is 0.500 bits per heavy atom. The van der Waals surface area contributed by atoms with Crippen LogP contribution in [0, 0.1) is 27.7 Å². The van der Waals surface area contributed by atoms with Gasteiger partial charge in [-0.3, -0.25) is 0 Å². The minimum absolute atomic E-state index is 0.174. The summed E-state index contributed by atoms with van der Waals surface area (Å²) in [5.41, 5.74) is 6.55. The van der Waals surface area contributed by atoms with Gasteiger partial charge in [0.2, 0.25) is 0 Å². The molecule has 0 aromatic heterocycles. The standard InChI is InChI=1S/C34H36Br2O4/c1-19-13-25(14-20(2)31(19)39)34(6,26-15-21(3)32(40)22(4)16-26)12-11-33(5,23-7-9-29(37)27(35)17-23)24-8-10-30(38)28(36)18-24/h7-10,13-18,37-40H,11-12H2,1-6H3. The summed E-state index contributed by atoms with van der Waals surface area (Å²) in [6, 6.07) is 19.4. The van der Waals surface area contributed by atoms with E-state index >= 15 is 0 Å². The summed E-state index contributed by atoms with van der Waals surface area (Å²) >= 11 is 7.00. The van der Waals surface area contributed by atoms with E-state index in [9.17, 15) is 20.4 Å². The van der Waals surface area contributed by atoms with Crippen molar-refractivity contribution in [3.63, 3.8) is 0 Å². The van der Waals surface area contributed by atoms with Crippen LogP contribution in [0.15, 0.2) is 69.6 Å². The summed E-state index contributed by atoms with van der Waals surface area (Å²) in [6.07, 6.45) is 1.45. The Labute approximate surface area is 253 Å². The second kappa shape index (κ2) is 11.1. The second-order valence-electron chi connectivity index (χ2n) is 11.4. The van der Waals surface area contributed by atoms with Crippen LogP contribution in [0.5, 0.6) is 23.0 Å². The van der Waals surface area contributed by atoms with Crippen LogP contribution in [0.2, 0.25) is 0 Å². The van der Waals surface area contributed by atoms with Crippen molar-refractivity contribution in [2.45, 2.75) is 65.2 Å². The van der Waals surface area contributed by atoms with E-state index in [0.29, 0.717) is 20.4 Å². The number of benzene rings is 4. The summed E-state index contributed by atoms with van der Waals surface area (Å²) in [6.45, 7) is 12.1. The number of aromatic hydroxyl groups is 4. The molecule has 0 spiro atoms. The van der Waals surface area contributed by atoms with Gasteiger partial charge < -0.3 is 20.4 Å². The number of hydrogen-bond acceptors (Lipinski definition) is 4. The van der Waals surface area contributed by atoms with Crippen LogP contribution in [0.3, 0.4) is 0 Å². The Morgan fingerprint density at radius 3 is 1.10 bits per heavy atom. The molecule has 0 fully saturated rings. The first-order chi connectivity index (χ1) is 18.7. The van der Waals surface area contributed by atoms with Gasteiger partial charge in [-0.05, 0) is 141 Å². The third kappa shape index (κ3) is 5.48. The van der Waals surface area contributed by atoms with Crippen LogP contribution in [0.25, 0.3) is 0 Å². The first-order valence-electron chi connectivity index (χ1n) is 13.3. The Hall–Kier alpha value is -2.96. The third-order valence-corrected chi connectivity index (χ3v) is 9.82. The molecule has 4 rings (SSSR count). The van der Waals surface area contributed by atoms with Gasteiger partial charge >= 0.3 is 0 Å². The lowest BCUT2D eigenvalue weighted by Crippen LogP contribution is -2.31. The lowest BCUT2D eigenvalue weighted by molar-refractivity contribution is 0.408. The van der Waals surface area contributed by atoms with Gasteiger partial charge in [0, 0.05) is 10.8 Å². The molecule has 0 aliphatic carbocycles. The number of halogens is 2. The number of phenols is 4. The van der Waals surface area contributed by atoms with Crippen molar-refractivity contribution in [2.24, 2.45) is 0 Å². The van der Waals surface area contributed by atoms with Crippen LogP contribution in [-0.4, -0.2) is 20.4 Å². The topological polar surface area (TPSA) is 80.9 Å². The molecule has 0 radical (unpaired) electrons. The molecule has 4 N–H and O–H groups in total. The van der Waals surface area contributed by atoms with Crippen molar-refractivity contribution in [3.05, 3.63) is 114 Å². The highest BCUT2D eigenvalue weighted by molar-refractivity contribution is 9.10. The minimum atomic E-state index is -0.490. The first-order valence-corrected chi connectivity index (χ1v) is 14.9. The molecule has 0 saturated heterocycles. The van der Waals surface area contributed by atoms with Gasteiger partial charge in [-0.2, -0.15) is 0 Å². The van der Waals surface area contributed by atoms with Gasteiger partial charge in [-0.15, -0.1) is 0 Å². The smallest absolute Gasteiger partial charge is 0.129 e. The normalized spacial score (nSPS) is 12.1. The maximum atomic E-state index is 10.6. The van der Waals surface area contributed by atoms with Crippen LogP contribution >= 0.6 is 31.9 Å². The van der Waals surface area contributed by atoms with Gasteiger partial charge in [0.15, 0.2) is 0 Å². The molecular formula is C34H36Br2O4. The second-order valence-corrected chi connectivity index (χ2v) is 13.1. The van der Waals surface area contributed by atoms with Gasteiger partial charge in [-0.25, -0.2) is 0 Å². The molecule has 6 heteroatoms. The van der Waals surface area contributed by atoms with E-state index in [1.165, 1.54) is 0 Å². The third-order valence-electron chi connectivity index (χ3n) is 8.55. The minimum Gasteiger partial charge on any atom is -0.507 e. The fraction of sp³-hybridized carbons (Fsp3) is 0.294. The van der Waals surface area contributed by atoms with E-state index in [0.717, 1.165) is 57.3 Å². The predicted molar refractivity (Wildman–Crippen MR) is 169 cm³/mol. The van der Waals surface area contributed by atoms with Crippen molar-refractivity contribution in [1.82, 2.24) is 0 Å². The van der Waals surface area contributed by atoms with Gasteiger partial charge in [-0.1, -0.05) is 50.2 Å². The maximum absolute atomic E-state index is 10.6. The number of aryl methyl sites for hydroxylation is 4. The molecule has 0 atom stereocenters. The van der Waals surface area contributed by atoms with Crippen molar-refractivity contribution >= 4 is 31.9 Å². The molecule has 0 unspecified atom stereocenters. The predicted octanol–water partition coefficient (Wildman–Crippen LogP) is 9.36. The molecule has 4 nitrogen and oxygen atoms in total. The Kier molecular flexibility index (Phi) is 8.35. The Bertz CT molecular complexity index is 1440. The van der Waals surface area contributed by atoms with Gasteiger partial charge in [0.25, 0.3) is 0 Å². The summed E-state index contributed by atoms with van der Waals surface area (Å²) in [7, 11) is 0. The van der Waals surface area contributed by atoms with Gasteiger partial charge in [0.05, 0.1) is 8.95 Å². The fourth-order valence-electron chi connectivity index (χ4n) is 5.66. The lowest BCUT2D eigenvalue weighted by atomic mass is 9.65. The van der Waals surface area contributed by atoms with Crippen molar-refractivity contribution < 1.29 is 20.4 Å². The van der Waals surface area contributed by atoms with Crippen molar-refractivity contribution in [2.75, 3.05) is 0 Å². The highest BCUT2D eigenvalue weighted by Gasteiger charge is 2.37. The Morgan fingerprint density at radius 2 is 0.800 bits per heavy atom. The summed E-state index contributed by atoms with van der Waals surface area (Å²) in [4.78, 5) is 0. The highest BCUT2D eigenvalue weighted by Crippen LogP contribution is 2.47. The molecule has 0 aliphatic heterocycles. The summed E-state index contributed by atoms with van der Waals surface area (Å²) in [5.74, 6) is 0.953. The first kappa shape index (κ1) is 30.0. The average Bonchev–Trinajstić information content (AvgIpc) is 2.91. The molecule has 210 valence electrons. The SMILES string of the molecule is Cc1cc(C(C)(CCC(C)(c2ccc(O)c(Br)c2)c2ccc(O)c(Br)c2)c2cc(C)c(O)c(C)c2)cc(C)c1O. The monoisotopic (exact) mass is 666 g/mol.